The van der Waals surface area contributed by atoms with E-state index in [-0.39, 0.29) is 11.9 Å². The maximum atomic E-state index is 12.1. The molecule has 0 aromatic heterocycles. The highest BCUT2D eigenvalue weighted by Gasteiger charge is 2.07. The molecule has 0 aliphatic heterocycles. The van der Waals surface area contributed by atoms with Crippen LogP contribution in [-0.4, -0.2) is 25.1 Å². The van der Waals surface area contributed by atoms with Gasteiger partial charge in [0.2, 0.25) is 5.91 Å². The molecular formula is C22H25NO4. The molecule has 5 heteroatoms. The highest BCUT2D eigenvalue weighted by atomic mass is 16.5. The molecule has 0 unspecified atom stereocenters. The van der Waals surface area contributed by atoms with Gasteiger partial charge in [0.25, 0.3) is 0 Å². The molecule has 0 radical (unpaired) electrons. The molecule has 0 bridgehead atoms. The molecule has 2 rings (SSSR count). The van der Waals surface area contributed by atoms with Crippen molar-refractivity contribution in [3.63, 3.8) is 0 Å². The first-order valence-corrected chi connectivity index (χ1v) is 9.12. The molecule has 0 fully saturated rings. The lowest BCUT2D eigenvalue weighted by Gasteiger charge is -2.08. The monoisotopic (exact) mass is 367 g/mol. The Bertz CT molecular complexity index is 781. The Morgan fingerprint density at radius 1 is 0.963 bits per heavy atom. The minimum atomic E-state index is -0.363. The van der Waals surface area contributed by atoms with Gasteiger partial charge >= 0.3 is 5.97 Å². The third-order valence-corrected chi connectivity index (χ3v) is 3.62. The number of rotatable bonds is 9. The van der Waals surface area contributed by atoms with Crippen molar-refractivity contribution in [2.24, 2.45) is 0 Å². The fraction of sp³-hybridized carbons (Fsp3) is 0.273. The van der Waals surface area contributed by atoms with E-state index in [1.165, 1.54) is 6.08 Å². The molecule has 2 aromatic carbocycles. The first-order valence-electron chi connectivity index (χ1n) is 9.12. The topological polar surface area (TPSA) is 64.6 Å². The summed E-state index contributed by atoms with van der Waals surface area (Å²) in [6.07, 6.45) is 4.87. The lowest BCUT2D eigenvalue weighted by Crippen LogP contribution is -2.09. The number of nitrogens with one attached hydrogen (secondary N) is 1. The van der Waals surface area contributed by atoms with Crippen LogP contribution in [0.1, 0.15) is 42.6 Å². The number of carbonyl (C=O) groups excluding carboxylic acids is 2. The summed E-state index contributed by atoms with van der Waals surface area (Å²) >= 11 is 0. The molecule has 0 aliphatic rings. The molecule has 5 nitrogen and oxygen atoms in total. The van der Waals surface area contributed by atoms with Gasteiger partial charge in [0.05, 0.1) is 18.8 Å². The van der Waals surface area contributed by atoms with Crippen LogP contribution in [0.15, 0.2) is 54.6 Å². The number of anilines is 1. The summed E-state index contributed by atoms with van der Waals surface area (Å²) in [5.74, 6) is 0.123. The van der Waals surface area contributed by atoms with Gasteiger partial charge in [-0.2, -0.15) is 0 Å². The summed E-state index contributed by atoms with van der Waals surface area (Å²) in [6.45, 7) is 5.00. The summed E-state index contributed by atoms with van der Waals surface area (Å²) in [7, 11) is 0. The maximum absolute atomic E-state index is 12.1. The minimum absolute atomic E-state index is 0.262. The van der Waals surface area contributed by atoms with Crippen molar-refractivity contribution in [3.05, 3.63) is 65.7 Å². The number of hydrogen-bond donors (Lipinski definition) is 1. The lowest BCUT2D eigenvalue weighted by atomic mass is 10.2. The van der Waals surface area contributed by atoms with E-state index in [9.17, 15) is 9.59 Å². The van der Waals surface area contributed by atoms with Crippen molar-refractivity contribution >= 4 is 23.6 Å². The summed E-state index contributed by atoms with van der Waals surface area (Å²) in [5, 5.41) is 2.77. The standard InChI is InChI=1S/C22H25NO4/c1-3-15-26-20-8-6-5-7-17(20)11-14-21(24)23-19-12-9-18(10-13-19)22(25)27-16-4-2/h5-14H,3-4,15-16H2,1-2H3,(H,23,24). The van der Waals surface area contributed by atoms with Crippen molar-refractivity contribution in [3.8, 4) is 5.75 Å². The Labute approximate surface area is 160 Å². The van der Waals surface area contributed by atoms with Gasteiger partial charge < -0.3 is 14.8 Å². The van der Waals surface area contributed by atoms with E-state index in [1.807, 2.05) is 38.1 Å². The molecule has 0 heterocycles. The van der Waals surface area contributed by atoms with Crippen LogP contribution in [0.2, 0.25) is 0 Å². The zero-order valence-corrected chi connectivity index (χ0v) is 15.7. The Morgan fingerprint density at radius 2 is 1.67 bits per heavy atom. The summed E-state index contributed by atoms with van der Waals surface area (Å²) < 4.78 is 10.7. The molecule has 0 atom stereocenters. The highest BCUT2D eigenvalue weighted by Crippen LogP contribution is 2.20. The number of amides is 1. The Hall–Kier alpha value is -3.08. The molecule has 0 aliphatic carbocycles. The van der Waals surface area contributed by atoms with Gasteiger partial charge in [0, 0.05) is 17.3 Å². The number of benzene rings is 2. The SMILES string of the molecule is CCCOC(=O)c1ccc(NC(=O)C=Cc2ccccc2OCCC)cc1. The Balaban J connectivity index is 1.96. The smallest absolute Gasteiger partial charge is 0.338 e. The molecule has 27 heavy (non-hydrogen) atoms. The fourth-order valence-corrected chi connectivity index (χ4v) is 2.28. The summed E-state index contributed by atoms with van der Waals surface area (Å²) in [4.78, 5) is 23.9. The summed E-state index contributed by atoms with van der Waals surface area (Å²) in [5.41, 5.74) is 1.90. The molecule has 0 saturated heterocycles. The van der Waals surface area contributed by atoms with Crippen molar-refractivity contribution in [1.29, 1.82) is 0 Å². The van der Waals surface area contributed by atoms with Gasteiger partial charge in [-0.15, -0.1) is 0 Å². The largest absolute Gasteiger partial charge is 0.493 e. The predicted octanol–water partition coefficient (Wildman–Crippen LogP) is 4.69. The Morgan fingerprint density at radius 3 is 2.37 bits per heavy atom. The van der Waals surface area contributed by atoms with Crippen molar-refractivity contribution < 1.29 is 19.1 Å². The van der Waals surface area contributed by atoms with E-state index >= 15 is 0 Å². The molecular weight excluding hydrogens is 342 g/mol. The van der Waals surface area contributed by atoms with Crippen molar-refractivity contribution in [1.82, 2.24) is 0 Å². The predicted molar refractivity (Wildman–Crippen MR) is 107 cm³/mol. The van der Waals surface area contributed by atoms with Crippen LogP contribution in [0.25, 0.3) is 6.08 Å². The van der Waals surface area contributed by atoms with E-state index in [0.717, 1.165) is 24.2 Å². The van der Waals surface area contributed by atoms with E-state index < -0.39 is 0 Å². The van der Waals surface area contributed by atoms with E-state index in [2.05, 4.69) is 5.32 Å². The molecule has 0 spiro atoms. The van der Waals surface area contributed by atoms with Crippen LogP contribution in [-0.2, 0) is 9.53 Å². The minimum Gasteiger partial charge on any atom is -0.493 e. The molecule has 0 saturated carbocycles. The first-order chi connectivity index (χ1) is 13.1. The quantitative estimate of drug-likeness (QED) is 0.516. The van der Waals surface area contributed by atoms with Gasteiger partial charge in [0.15, 0.2) is 0 Å². The third kappa shape index (κ3) is 6.62. The second kappa shape index (κ2) is 10.8. The van der Waals surface area contributed by atoms with Crippen LogP contribution in [0.4, 0.5) is 5.69 Å². The van der Waals surface area contributed by atoms with Crippen molar-refractivity contribution in [2.45, 2.75) is 26.7 Å². The van der Waals surface area contributed by atoms with Crippen molar-refractivity contribution in [2.75, 3.05) is 18.5 Å². The second-order valence-electron chi connectivity index (χ2n) is 5.92. The van der Waals surface area contributed by atoms with Crippen LogP contribution < -0.4 is 10.1 Å². The van der Waals surface area contributed by atoms with Crippen LogP contribution >= 0.6 is 0 Å². The third-order valence-electron chi connectivity index (χ3n) is 3.62. The maximum Gasteiger partial charge on any atom is 0.338 e. The normalized spacial score (nSPS) is 10.6. The van der Waals surface area contributed by atoms with Gasteiger partial charge in [0.1, 0.15) is 5.75 Å². The number of hydrogen-bond acceptors (Lipinski definition) is 4. The average molecular weight is 367 g/mol. The van der Waals surface area contributed by atoms with Crippen LogP contribution in [0, 0.1) is 0 Å². The van der Waals surface area contributed by atoms with E-state index in [0.29, 0.717) is 24.5 Å². The molecule has 2 aromatic rings. The lowest BCUT2D eigenvalue weighted by molar-refractivity contribution is -0.111. The second-order valence-corrected chi connectivity index (χ2v) is 5.92. The molecule has 1 amide bonds. The zero-order valence-electron chi connectivity index (χ0n) is 15.7. The molecule has 1 N–H and O–H groups in total. The fourth-order valence-electron chi connectivity index (χ4n) is 2.28. The summed E-state index contributed by atoms with van der Waals surface area (Å²) in [6, 6.07) is 14.2. The van der Waals surface area contributed by atoms with Crippen LogP contribution in [0.3, 0.4) is 0 Å². The van der Waals surface area contributed by atoms with Gasteiger partial charge in [-0.1, -0.05) is 32.0 Å². The zero-order chi connectivity index (χ0) is 19.5. The highest BCUT2D eigenvalue weighted by molar-refractivity contribution is 6.02. The molecule has 142 valence electrons. The van der Waals surface area contributed by atoms with E-state index in [1.54, 1.807) is 30.3 Å². The first kappa shape index (κ1) is 20.2. The Kier molecular flexibility index (Phi) is 8.10. The van der Waals surface area contributed by atoms with Gasteiger partial charge in [-0.3, -0.25) is 4.79 Å². The number of para-hydroxylation sites is 1. The number of carbonyl (C=O) groups is 2. The number of esters is 1. The van der Waals surface area contributed by atoms with Crippen LogP contribution in [0.5, 0.6) is 5.75 Å². The van der Waals surface area contributed by atoms with Gasteiger partial charge in [-0.25, -0.2) is 4.79 Å². The number of ether oxygens (including phenoxy) is 2. The van der Waals surface area contributed by atoms with E-state index in [4.69, 9.17) is 9.47 Å². The van der Waals surface area contributed by atoms with Gasteiger partial charge in [-0.05, 0) is 49.2 Å². The average Bonchev–Trinajstić information content (AvgIpc) is 2.70.